The summed E-state index contributed by atoms with van der Waals surface area (Å²) >= 11 is 0. The van der Waals surface area contributed by atoms with E-state index in [-0.39, 0.29) is 11.6 Å². The molecule has 0 unspecified atom stereocenters. The molecular weight excluding hydrogens is 270 g/mol. The molecule has 0 spiro atoms. The van der Waals surface area contributed by atoms with Gasteiger partial charge in [0.1, 0.15) is 0 Å². The average Bonchev–Trinajstić information content (AvgIpc) is 2.48. The Bertz CT molecular complexity index is 499. The number of carboxylic acid groups (broad SMARTS) is 1. The fourth-order valence-corrected chi connectivity index (χ4v) is 2.67. The van der Waals surface area contributed by atoms with Crippen LogP contribution in [0.1, 0.15) is 48.9 Å². The minimum absolute atomic E-state index is 0.0509. The van der Waals surface area contributed by atoms with Crippen LogP contribution in [-0.4, -0.2) is 28.6 Å². The zero-order chi connectivity index (χ0) is 15.1. The van der Waals surface area contributed by atoms with Crippen molar-refractivity contribution in [3.63, 3.8) is 0 Å². The minimum atomic E-state index is -1.07. The Labute approximate surface area is 124 Å². The molecule has 6 heteroatoms. The second-order valence-electron chi connectivity index (χ2n) is 5.44. The highest BCUT2D eigenvalue weighted by atomic mass is 16.4. The maximum atomic E-state index is 11.7. The van der Waals surface area contributed by atoms with Crippen LogP contribution in [0.4, 0.5) is 10.5 Å². The number of nitrogens with zero attached hydrogens (tertiary/aromatic N) is 1. The number of aromatic carboxylic acids is 1. The topological polar surface area (TPSA) is 91.3 Å². The molecule has 114 valence electrons. The molecule has 1 aromatic rings. The van der Waals surface area contributed by atoms with Crippen LogP contribution in [-0.2, 0) is 0 Å². The number of carboxylic acids is 1. The summed E-state index contributed by atoms with van der Waals surface area (Å²) in [5.74, 6) is -0.347. The van der Waals surface area contributed by atoms with Crippen LogP contribution in [0.5, 0.6) is 0 Å². The van der Waals surface area contributed by atoms with Crippen molar-refractivity contribution in [2.75, 3.05) is 11.9 Å². The van der Waals surface area contributed by atoms with Gasteiger partial charge in [0.25, 0.3) is 0 Å². The standard InChI is InChI=1S/C15H21N3O3/c19-14(20)12-8-13(10-16-9-12)18-15(21)17-7-6-11-4-2-1-3-5-11/h8-11H,1-7H2,(H,19,20)(H2,17,18,21). The molecule has 0 radical (unpaired) electrons. The molecule has 1 aromatic heterocycles. The van der Waals surface area contributed by atoms with Gasteiger partial charge in [-0.1, -0.05) is 32.1 Å². The second kappa shape index (κ2) is 7.61. The third-order valence-corrected chi connectivity index (χ3v) is 3.81. The first kappa shape index (κ1) is 15.3. The van der Waals surface area contributed by atoms with Gasteiger partial charge in [-0.3, -0.25) is 4.98 Å². The van der Waals surface area contributed by atoms with Crippen LogP contribution in [0.3, 0.4) is 0 Å². The molecule has 0 aromatic carbocycles. The molecule has 0 saturated heterocycles. The average molecular weight is 291 g/mol. The highest BCUT2D eigenvalue weighted by Gasteiger charge is 2.13. The largest absolute Gasteiger partial charge is 0.478 e. The van der Waals surface area contributed by atoms with E-state index < -0.39 is 5.97 Å². The van der Waals surface area contributed by atoms with Crippen molar-refractivity contribution >= 4 is 17.7 Å². The maximum Gasteiger partial charge on any atom is 0.337 e. The van der Waals surface area contributed by atoms with Gasteiger partial charge in [0, 0.05) is 12.7 Å². The Morgan fingerprint density at radius 2 is 2.00 bits per heavy atom. The van der Waals surface area contributed by atoms with Gasteiger partial charge in [0.15, 0.2) is 0 Å². The van der Waals surface area contributed by atoms with Crippen LogP contribution >= 0.6 is 0 Å². The first-order chi connectivity index (χ1) is 10.1. The molecule has 1 fully saturated rings. The third-order valence-electron chi connectivity index (χ3n) is 3.81. The normalized spacial score (nSPS) is 15.4. The van der Waals surface area contributed by atoms with E-state index >= 15 is 0 Å². The van der Waals surface area contributed by atoms with Gasteiger partial charge in [-0.05, 0) is 18.4 Å². The highest BCUT2D eigenvalue weighted by Crippen LogP contribution is 2.25. The molecule has 21 heavy (non-hydrogen) atoms. The van der Waals surface area contributed by atoms with Crippen molar-refractivity contribution in [3.8, 4) is 0 Å². The Morgan fingerprint density at radius 3 is 2.71 bits per heavy atom. The van der Waals surface area contributed by atoms with E-state index in [9.17, 15) is 9.59 Å². The number of rotatable bonds is 5. The van der Waals surface area contributed by atoms with Gasteiger partial charge in [0.05, 0.1) is 17.4 Å². The molecular formula is C15H21N3O3. The van der Waals surface area contributed by atoms with E-state index in [1.807, 2.05) is 0 Å². The van der Waals surface area contributed by atoms with Gasteiger partial charge in [0.2, 0.25) is 0 Å². The number of carbonyl (C=O) groups is 2. The lowest BCUT2D eigenvalue weighted by Crippen LogP contribution is -2.30. The van der Waals surface area contributed by atoms with Gasteiger partial charge in [-0.25, -0.2) is 9.59 Å². The number of pyridine rings is 1. The molecule has 1 saturated carbocycles. The van der Waals surface area contributed by atoms with Gasteiger partial charge >= 0.3 is 12.0 Å². The van der Waals surface area contributed by atoms with Crippen molar-refractivity contribution in [2.45, 2.75) is 38.5 Å². The molecule has 6 nitrogen and oxygen atoms in total. The summed E-state index contributed by atoms with van der Waals surface area (Å²) in [6.07, 6.45) is 10.1. The smallest absolute Gasteiger partial charge is 0.337 e. The Morgan fingerprint density at radius 1 is 1.24 bits per heavy atom. The predicted molar refractivity (Wildman–Crippen MR) is 79.4 cm³/mol. The van der Waals surface area contributed by atoms with Crippen molar-refractivity contribution in [1.29, 1.82) is 0 Å². The number of hydrogen-bond acceptors (Lipinski definition) is 3. The highest BCUT2D eigenvalue weighted by molar-refractivity contribution is 5.92. The fraction of sp³-hybridized carbons (Fsp3) is 0.533. The van der Waals surface area contributed by atoms with E-state index in [0.717, 1.165) is 12.3 Å². The minimum Gasteiger partial charge on any atom is -0.478 e. The van der Waals surface area contributed by atoms with E-state index in [2.05, 4.69) is 15.6 Å². The molecule has 1 aliphatic rings. The van der Waals surface area contributed by atoms with E-state index in [0.29, 0.717) is 12.2 Å². The van der Waals surface area contributed by atoms with Crippen molar-refractivity contribution < 1.29 is 14.7 Å². The number of carbonyl (C=O) groups excluding carboxylic acids is 1. The second-order valence-corrected chi connectivity index (χ2v) is 5.44. The summed E-state index contributed by atoms with van der Waals surface area (Å²) in [6, 6.07) is 1.06. The molecule has 0 bridgehead atoms. The zero-order valence-corrected chi connectivity index (χ0v) is 12.0. The van der Waals surface area contributed by atoms with Crippen LogP contribution in [0.15, 0.2) is 18.5 Å². The van der Waals surface area contributed by atoms with Crippen molar-refractivity contribution in [1.82, 2.24) is 10.3 Å². The first-order valence-corrected chi connectivity index (χ1v) is 7.38. The SMILES string of the molecule is O=C(NCCC1CCCCC1)Nc1cncc(C(=O)O)c1. The number of urea groups is 1. The van der Waals surface area contributed by atoms with Crippen molar-refractivity contribution in [2.24, 2.45) is 5.92 Å². The Balaban J connectivity index is 1.73. The van der Waals surface area contributed by atoms with Gasteiger partial charge in [-0.2, -0.15) is 0 Å². The van der Waals surface area contributed by atoms with Crippen molar-refractivity contribution in [3.05, 3.63) is 24.0 Å². The summed E-state index contributed by atoms with van der Waals surface area (Å²) < 4.78 is 0. The lowest BCUT2D eigenvalue weighted by molar-refractivity contribution is 0.0696. The van der Waals surface area contributed by atoms with Crippen LogP contribution in [0.25, 0.3) is 0 Å². The molecule has 2 amide bonds. The first-order valence-electron chi connectivity index (χ1n) is 7.38. The number of aromatic nitrogens is 1. The Hall–Kier alpha value is -2.11. The Kier molecular flexibility index (Phi) is 5.54. The zero-order valence-electron chi connectivity index (χ0n) is 12.0. The maximum absolute atomic E-state index is 11.7. The molecule has 1 heterocycles. The number of hydrogen-bond donors (Lipinski definition) is 3. The number of nitrogens with one attached hydrogen (secondary N) is 2. The fourth-order valence-electron chi connectivity index (χ4n) is 2.67. The molecule has 0 aliphatic heterocycles. The van der Waals surface area contributed by atoms with Gasteiger partial charge < -0.3 is 15.7 Å². The van der Waals surface area contributed by atoms with Crippen LogP contribution in [0, 0.1) is 5.92 Å². The van der Waals surface area contributed by atoms with Crippen LogP contribution < -0.4 is 10.6 Å². The lowest BCUT2D eigenvalue weighted by Gasteiger charge is -2.21. The summed E-state index contributed by atoms with van der Waals surface area (Å²) in [5.41, 5.74) is 0.431. The summed E-state index contributed by atoms with van der Waals surface area (Å²) in [7, 11) is 0. The number of anilines is 1. The van der Waals surface area contributed by atoms with E-state index in [1.54, 1.807) is 0 Å². The summed E-state index contributed by atoms with van der Waals surface area (Å²) in [4.78, 5) is 26.3. The molecule has 1 aliphatic carbocycles. The monoisotopic (exact) mass is 291 g/mol. The van der Waals surface area contributed by atoms with E-state index in [4.69, 9.17) is 5.11 Å². The molecule has 3 N–H and O–H groups in total. The third kappa shape index (κ3) is 5.06. The quantitative estimate of drug-likeness (QED) is 0.778. The number of amides is 2. The predicted octanol–water partition coefficient (Wildman–Crippen LogP) is 2.87. The van der Waals surface area contributed by atoms with Crippen LogP contribution in [0.2, 0.25) is 0 Å². The van der Waals surface area contributed by atoms with E-state index in [1.165, 1.54) is 50.6 Å². The van der Waals surface area contributed by atoms with Gasteiger partial charge in [-0.15, -0.1) is 0 Å². The molecule has 0 atom stereocenters. The summed E-state index contributed by atoms with van der Waals surface area (Å²) in [6.45, 7) is 0.641. The summed E-state index contributed by atoms with van der Waals surface area (Å²) in [5, 5.41) is 14.3. The lowest BCUT2D eigenvalue weighted by atomic mass is 9.87. The molecule has 2 rings (SSSR count).